The van der Waals surface area contributed by atoms with Gasteiger partial charge in [-0.2, -0.15) is 4.31 Å². The molecule has 1 fully saturated rings. The lowest BCUT2D eigenvalue weighted by molar-refractivity contribution is 0.281. The number of aromatic nitrogens is 2. The highest BCUT2D eigenvalue weighted by Gasteiger charge is 2.25. The van der Waals surface area contributed by atoms with E-state index < -0.39 is 10.0 Å². The summed E-state index contributed by atoms with van der Waals surface area (Å²) in [6.07, 6.45) is 3.82. The first-order chi connectivity index (χ1) is 14.9. The Kier molecular flexibility index (Phi) is 6.11. The van der Waals surface area contributed by atoms with Gasteiger partial charge in [0.05, 0.1) is 30.2 Å². The van der Waals surface area contributed by atoms with Gasteiger partial charge < -0.3 is 19.1 Å². The van der Waals surface area contributed by atoms with E-state index in [1.54, 1.807) is 23.4 Å². The standard InChI is InChI=1S/C21H25ClN4O4S/c1-3-31(28,29)26-8-6-24(7-9-26)16-4-5-25-13-19(23-21(25)11-16)17-12-18(22)20(30-2)10-15(17)14-27/h4-5,10-13,27H,3,6-9,14H2,1-2H3. The van der Waals surface area contributed by atoms with Gasteiger partial charge in [-0.3, -0.25) is 0 Å². The number of rotatable bonds is 6. The molecule has 0 atom stereocenters. The molecule has 1 aliphatic rings. The molecule has 0 spiro atoms. The first-order valence-corrected chi connectivity index (χ1v) is 12.0. The summed E-state index contributed by atoms with van der Waals surface area (Å²) in [5, 5.41) is 10.2. The van der Waals surface area contributed by atoms with Gasteiger partial charge in [-0.1, -0.05) is 11.6 Å². The zero-order valence-electron chi connectivity index (χ0n) is 17.5. The molecule has 0 radical (unpaired) electrons. The molecular formula is C21H25ClN4O4S. The van der Waals surface area contributed by atoms with Gasteiger partial charge in [-0.25, -0.2) is 13.4 Å². The molecule has 0 bridgehead atoms. The average molecular weight is 465 g/mol. The maximum absolute atomic E-state index is 12.1. The van der Waals surface area contributed by atoms with Gasteiger partial charge in [0, 0.05) is 55.9 Å². The van der Waals surface area contributed by atoms with Crippen molar-refractivity contribution in [1.82, 2.24) is 13.7 Å². The SMILES string of the molecule is CCS(=O)(=O)N1CCN(c2ccn3cc(-c4cc(Cl)c(OC)cc4CO)nc3c2)CC1. The van der Waals surface area contributed by atoms with Gasteiger partial charge in [0.2, 0.25) is 10.0 Å². The van der Waals surface area contributed by atoms with E-state index in [4.69, 9.17) is 21.3 Å². The number of hydrogen-bond donors (Lipinski definition) is 1. The van der Waals surface area contributed by atoms with Crippen molar-refractivity contribution in [3.8, 4) is 17.0 Å². The summed E-state index contributed by atoms with van der Waals surface area (Å²) in [5.74, 6) is 0.630. The lowest BCUT2D eigenvalue weighted by Gasteiger charge is -2.35. The summed E-state index contributed by atoms with van der Waals surface area (Å²) in [4.78, 5) is 6.90. The summed E-state index contributed by atoms with van der Waals surface area (Å²) in [5.41, 5.74) is 3.87. The quantitative estimate of drug-likeness (QED) is 0.603. The van der Waals surface area contributed by atoms with Crippen molar-refractivity contribution in [1.29, 1.82) is 0 Å². The predicted molar refractivity (Wildman–Crippen MR) is 121 cm³/mol. The first-order valence-electron chi connectivity index (χ1n) is 10.1. The molecule has 2 aromatic heterocycles. The van der Waals surface area contributed by atoms with Gasteiger partial charge in [0.25, 0.3) is 0 Å². The zero-order valence-corrected chi connectivity index (χ0v) is 19.0. The van der Waals surface area contributed by atoms with E-state index in [1.165, 1.54) is 7.11 Å². The Balaban J connectivity index is 1.61. The highest BCUT2D eigenvalue weighted by molar-refractivity contribution is 7.89. The van der Waals surface area contributed by atoms with Gasteiger partial charge in [0.15, 0.2) is 0 Å². The summed E-state index contributed by atoms with van der Waals surface area (Å²) < 4.78 is 32.9. The van der Waals surface area contributed by atoms with Crippen LogP contribution in [0.15, 0.2) is 36.7 Å². The smallest absolute Gasteiger partial charge is 0.213 e. The second kappa shape index (κ2) is 8.66. The van der Waals surface area contributed by atoms with Crippen LogP contribution in [0.1, 0.15) is 12.5 Å². The third-order valence-corrected chi connectivity index (χ3v) is 7.81. The molecule has 166 valence electrons. The molecule has 4 rings (SSSR count). The number of imidazole rings is 1. The van der Waals surface area contributed by atoms with Crippen LogP contribution in [0.3, 0.4) is 0 Å². The number of pyridine rings is 1. The molecule has 3 heterocycles. The topological polar surface area (TPSA) is 87.4 Å². The van der Waals surface area contributed by atoms with E-state index in [0.717, 1.165) is 16.9 Å². The minimum absolute atomic E-state index is 0.126. The normalized spacial score (nSPS) is 15.5. The van der Waals surface area contributed by atoms with Crippen molar-refractivity contribution in [2.24, 2.45) is 0 Å². The number of piperazine rings is 1. The molecule has 0 amide bonds. The number of methoxy groups -OCH3 is 1. The minimum atomic E-state index is -3.15. The number of halogens is 1. The second-order valence-electron chi connectivity index (χ2n) is 7.37. The number of hydrogen-bond acceptors (Lipinski definition) is 6. The largest absolute Gasteiger partial charge is 0.495 e. The van der Waals surface area contributed by atoms with Crippen LogP contribution in [0.25, 0.3) is 16.9 Å². The van der Waals surface area contributed by atoms with Gasteiger partial charge in [-0.05, 0) is 30.7 Å². The second-order valence-corrected chi connectivity index (χ2v) is 10.0. The molecule has 3 aromatic rings. The highest BCUT2D eigenvalue weighted by Crippen LogP contribution is 2.34. The van der Waals surface area contributed by atoms with Crippen LogP contribution >= 0.6 is 11.6 Å². The van der Waals surface area contributed by atoms with E-state index in [-0.39, 0.29) is 12.4 Å². The molecule has 1 aromatic carbocycles. The number of fused-ring (bicyclic) bond motifs is 1. The highest BCUT2D eigenvalue weighted by atomic mass is 35.5. The number of aliphatic hydroxyl groups excluding tert-OH is 1. The number of aliphatic hydroxyl groups is 1. The van der Waals surface area contributed by atoms with E-state index in [1.807, 2.05) is 28.9 Å². The minimum Gasteiger partial charge on any atom is -0.495 e. The molecule has 0 saturated carbocycles. The summed E-state index contributed by atoms with van der Waals surface area (Å²) in [6, 6.07) is 7.45. The van der Waals surface area contributed by atoms with Crippen LogP contribution in [-0.4, -0.2) is 66.3 Å². The Hall–Kier alpha value is -2.33. The van der Waals surface area contributed by atoms with Crippen molar-refractivity contribution >= 4 is 33.0 Å². The monoisotopic (exact) mass is 464 g/mol. The van der Waals surface area contributed by atoms with Crippen molar-refractivity contribution in [2.45, 2.75) is 13.5 Å². The fraction of sp³-hybridized carbons (Fsp3) is 0.381. The average Bonchev–Trinajstić information content (AvgIpc) is 3.22. The van der Waals surface area contributed by atoms with Gasteiger partial charge in [0.1, 0.15) is 11.4 Å². The molecule has 0 unspecified atom stereocenters. The molecule has 31 heavy (non-hydrogen) atoms. The Labute approximate surface area is 186 Å². The summed E-state index contributed by atoms with van der Waals surface area (Å²) >= 11 is 6.29. The van der Waals surface area contributed by atoms with Crippen LogP contribution in [0.2, 0.25) is 5.02 Å². The van der Waals surface area contributed by atoms with Crippen LogP contribution in [0.5, 0.6) is 5.75 Å². The lowest BCUT2D eigenvalue weighted by Crippen LogP contribution is -2.49. The molecule has 8 nitrogen and oxygen atoms in total. The maximum Gasteiger partial charge on any atom is 0.213 e. The Bertz CT molecular complexity index is 1200. The van der Waals surface area contributed by atoms with E-state index in [9.17, 15) is 13.5 Å². The number of nitrogens with zero attached hydrogens (tertiary/aromatic N) is 4. The lowest BCUT2D eigenvalue weighted by atomic mass is 10.1. The molecule has 1 N–H and O–H groups in total. The third kappa shape index (κ3) is 4.23. The van der Waals surface area contributed by atoms with Gasteiger partial charge >= 0.3 is 0 Å². The van der Waals surface area contributed by atoms with E-state index in [0.29, 0.717) is 48.2 Å². The maximum atomic E-state index is 12.1. The van der Waals surface area contributed by atoms with Crippen LogP contribution in [-0.2, 0) is 16.6 Å². The zero-order chi connectivity index (χ0) is 22.2. The molecule has 1 saturated heterocycles. The molecule has 10 heteroatoms. The Morgan fingerprint density at radius 1 is 1.19 bits per heavy atom. The van der Waals surface area contributed by atoms with Crippen LogP contribution in [0, 0.1) is 0 Å². The third-order valence-electron chi connectivity index (χ3n) is 5.63. The van der Waals surface area contributed by atoms with Crippen molar-refractivity contribution < 1.29 is 18.3 Å². The Morgan fingerprint density at radius 3 is 2.58 bits per heavy atom. The predicted octanol–water partition coefficient (Wildman–Crippen LogP) is 2.63. The fourth-order valence-corrected chi connectivity index (χ4v) is 5.15. The fourth-order valence-electron chi connectivity index (χ4n) is 3.83. The molecule has 1 aliphatic heterocycles. The Morgan fingerprint density at radius 2 is 1.94 bits per heavy atom. The van der Waals surface area contributed by atoms with E-state index >= 15 is 0 Å². The van der Waals surface area contributed by atoms with Crippen molar-refractivity contribution in [3.63, 3.8) is 0 Å². The number of benzene rings is 1. The van der Waals surface area contributed by atoms with Gasteiger partial charge in [-0.15, -0.1) is 0 Å². The number of ether oxygens (including phenoxy) is 1. The van der Waals surface area contributed by atoms with Crippen molar-refractivity contribution in [3.05, 3.63) is 47.2 Å². The van der Waals surface area contributed by atoms with Crippen molar-refractivity contribution in [2.75, 3.05) is 43.9 Å². The van der Waals surface area contributed by atoms with Crippen LogP contribution < -0.4 is 9.64 Å². The molecular weight excluding hydrogens is 440 g/mol. The molecule has 0 aliphatic carbocycles. The summed E-state index contributed by atoms with van der Waals surface area (Å²) in [6.45, 7) is 3.73. The summed E-state index contributed by atoms with van der Waals surface area (Å²) in [7, 11) is -1.62. The number of sulfonamides is 1. The van der Waals surface area contributed by atoms with Crippen LogP contribution in [0.4, 0.5) is 5.69 Å². The first kappa shape index (κ1) is 21.9. The van der Waals surface area contributed by atoms with E-state index in [2.05, 4.69) is 4.90 Å². The number of anilines is 1.